The normalized spacial score (nSPS) is 43.6. The van der Waals surface area contributed by atoms with Gasteiger partial charge in [-0.25, -0.2) is 0 Å². The highest BCUT2D eigenvalue weighted by Gasteiger charge is 2.65. The van der Waals surface area contributed by atoms with Crippen molar-refractivity contribution in [2.75, 3.05) is 0 Å². The number of allylic oxidation sites excluding steroid dienone is 4. The number of hydrogen-bond acceptors (Lipinski definition) is 2. The molecular formula is C32H52O2. The lowest BCUT2D eigenvalue weighted by Crippen LogP contribution is -2.58. The zero-order chi connectivity index (χ0) is 25.1. The van der Waals surface area contributed by atoms with Crippen molar-refractivity contribution in [3.8, 4) is 0 Å². The van der Waals surface area contributed by atoms with Gasteiger partial charge in [0.05, 0.1) is 0 Å². The third-order valence-corrected chi connectivity index (χ3v) is 12.0. The largest absolute Gasteiger partial charge is 0.462 e. The van der Waals surface area contributed by atoms with E-state index in [4.69, 9.17) is 4.74 Å². The molecule has 0 aromatic heterocycles. The fraction of sp³-hybridized carbons (Fsp3) is 0.844. The van der Waals surface area contributed by atoms with Crippen LogP contribution in [0.15, 0.2) is 23.3 Å². The molecule has 0 aliphatic heterocycles. The Morgan fingerprint density at radius 3 is 2.41 bits per heavy atom. The molecule has 4 aliphatic rings. The van der Waals surface area contributed by atoms with Crippen LogP contribution in [0.2, 0.25) is 0 Å². The van der Waals surface area contributed by atoms with E-state index in [2.05, 4.69) is 67.5 Å². The zero-order valence-corrected chi connectivity index (χ0v) is 23.7. The van der Waals surface area contributed by atoms with Gasteiger partial charge in [0.25, 0.3) is 0 Å². The summed E-state index contributed by atoms with van der Waals surface area (Å²) in [6.07, 6.45) is 16.6. The Hall–Kier alpha value is -1.05. The Labute approximate surface area is 210 Å². The molecule has 0 heterocycles. The predicted molar refractivity (Wildman–Crippen MR) is 142 cm³/mol. The quantitative estimate of drug-likeness (QED) is 0.297. The van der Waals surface area contributed by atoms with Gasteiger partial charge >= 0.3 is 5.97 Å². The Bertz CT molecular complexity index is 860. The van der Waals surface area contributed by atoms with Crippen LogP contribution in [0, 0.1) is 45.3 Å². The molecule has 2 nitrogen and oxygen atoms in total. The van der Waals surface area contributed by atoms with Crippen LogP contribution in [-0.2, 0) is 9.53 Å². The molecule has 0 aromatic carbocycles. The van der Waals surface area contributed by atoms with Crippen molar-refractivity contribution in [2.24, 2.45) is 45.3 Å². The Balaban J connectivity index is 1.61. The van der Waals surface area contributed by atoms with Crippen LogP contribution in [0.25, 0.3) is 0 Å². The molecule has 2 heteroatoms. The number of rotatable bonds is 5. The van der Waals surface area contributed by atoms with Crippen molar-refractivity contribution in [1.82, 2.24) is 0 Å². The molecule has 0 bridgehead atoms. The molecule has 0 radical (unpaired) electrons. The van der Waals surface area contributed by atoms with Crippen LogP contribution >= 0.6 is 0 Å². The van der Waals surface area contributed by atoms with Crippen molar-refractivity contribution in [3.05, 3.63) is 23.3 Å². The van der Waals surface area contributed by atoms with Gasteiger partial charge in [-0.1, -0.05) is 64.8 Å². The number of carbonyl (C=O) groups excluding carboxylic acids is 1. The van der Waals surface area contributed by atoms with Gasteiger partial charge in [0.15, 0.2) is 0 Å². The molecule has 4 rings (SSSR count). The van der Waals surface area contributed by atoms with Crippen molar-refractivity contribution in [1.29, 1.82) is 0 Å². The molecule has 34 heavy (non-hydrogen) atoms. The minimum Gasteiger partial charge on any atom is -0.462 e. The fourth-order valence-electron chi connectivity index (χ4n) is 9.89. The lowest BCUT2D eigenvalue weighted by molar-refractivity contribution is -0.174. The van der Waals surface area contributed by atoms with Gasteiger partial charge < -0.3 is 4.74 Å². The average Bonchev–Trinajstić information content (AvgIpc) is 3.01. The maximum absolute atomic E-state index is 11.8. The van der Waals surface area contributed by atoms with Crippen molar-refractivity contribution < 1.29 is 9.53 Å². The highest BCUT2D eigenvalue weighted by Crippen LogP contribution is 2.73. The summed E-state index contributed by atoms with van der Waals surface area (Å²) in [5.41, 5.74) is 4.39. The molecule has 0 unspecified atom stereocenters. The lowest BCUT2D eigenvalue weighted by atomic mass is 9.41. The van der Waals surface area contributed by atoms with Crippen LogP contribution in [0.5, 0.6) is 0 Å². The standard InChI is InChI=1S/C32H52O2/c1-21(2)11-10-12-22(3)24-15-19-32(9)26-13-14-27-29(5,6)28(34-23(4)33)17-18-30(27,7)25(26)16-20-31(24,32)8/h11,13,22,24-25,27-28H,10,12,14-20H2,1-9H3/t22-,24+,25+,27+,28+,30-,31+,32-/m1/s1. The van der Waals surface area contributed by atoms with E-state index in [9.17, 15) is 4.79 Å². The second-order valence-corrected chi connectivity index (χ2v) is 14.2. The van der Waals surface area contributed by atoms with Gasteiger partial charge in [0.2, 0.25) is 0 Å². The first-order valence-corrected chi connectivity index (χ1v) is 14.3. The van der Waals surface area contributed by atoms with E-state index in [1.54, 1.807) is 6.92 Å². The third kappa shape index (κ3) is 3.85. The van der Waals surface area contributed by atoms with Crippen LogP contribution in [-0.4, -0.2) is 12.1 Å². The van der Waals surface area contributed by atoms with E-state index in [-0.39, 0.29) is 17.5 Å². The summed E-state index contributed by atoms with van der Waals surface area (Å²) < 4.78 is 5.87. The SMILES string of the molecule is CC(=O)O[C@H]1CC[C@]2(C)[C@H]3CC[C@@]4(C)[C@H]([C@H](C)CCC=C(C)C)CC[C@]4(C)C3=CC[C@H]2C1(C)C. The van der Waals surface area contributed by atoms with E-state index in [0.717, 1.165) is 24.7 Å². The van der Waals surface area contributed by atoms with Crippen molar-refractivity contribution in [3.63, 3.8) is 0 Å². The first-order valence-electron chi connectivity index (χ1n) is 14.3. The fourth-order valence-corrected chi connectivity index (χ4v) is 9.89. The van der Waals surface area contributed by atoms with Gasteiger partial charge in [0, 0.05) is 12.3 Å². The molecular weight excluding hydrogens is 416 g/mol. The van der Waals surface area contributed by atoms with E-state index in [1.807, 2.05) is 5.57 Å². The Morgan fingerprint density at radius 2 is 1.76 bits per heavy atom. The summed E-state index contributed by atoms with van der Waals surface area (Å²) >= 11 is 0. The molecule has 0 spiro atoms. The van der Waals surface area contributed by atoms with E-state index in [1.165, 1.54) is 50.5 Å². The minimum absolute atomic E-state index is 0.0278. The Morgan fingerprint density at radius 1 is 1.06 bits per heavy atom. The third-order valence-electron chi connectivity index (χ3n) is 12.0. The van der Waals surface area contributed by atoms with Crippen LogP contribution in [0.1, 0.15) is 120 Å². The van der Waals surface area contributed by atoms with Crippen LogP contribution in [0.4, 0.5) is 0 Å². The summed E-state index contributed by atoms with van der Waals surface area (Å²) in [5, 5.41) is 0. The molecule has 0 saturated heterocycles. The zero-order valence-electron chi connectivity index (χ0n) is 23.7. The van der Waals surface area contributed by atoms with Gasteiger partial charge in [-0.05, 0) is 112 Å². The van der Waals surface area contributed by atoms with E-state index < -0.39 is 0 Å². The summed E-state index contributed by atoms with van der Waals surface area (Å²) in [7, 11) is 0. The summed E-state index contributed by atoms with van der Waals surface area (Å²) in [6, 6.07) is 0. The first-order chi connectivity index (χ1) is 15.8. The van der Waals surface area contributed by atoms with Crippen molar-refractivity contribution in [2.45, 2.75) is 126 Å². The van der Waals surface area contributed by atoms with E-state index >= 15 is 0 Å². The van der Waals surface area contributed by atoms with Gasteiger partial charge in [-0.2, -0.15) is 0 Å². The summed E-state index contributed by atoms with van der Waals surface area (Å²) in [4.78, 5) is 11.8. The number of hydrogen-bond donors (Lipinski definition) is 0. The predicted octanol–water partition coefficient (Wildman–Crippen LogP) is 8.91. The van der Waals surface area contributed by atoms with Gasteiger partial charge in [-0.3, -0.25) is 4.79 Å². The van der Waals surface area contributed by atoms with Gasteiger partial charge in [0.1, 0.15) is 6.10 Å². The number of carbonyl (C=O) groups is 1. The lowest BCUT2D eigenvalue weighted by Gasteiger charge is -2.64. The second-order valence-electron chi connectivity index (χ2n) is 14.2. The van der Waals surface area contributed by atoms with Crippen molar-refractivity contribution >= 4 is 5.97 Å². The molecule has 4 aliphatic carbocycles. The molecule has 3 saturated carbocycles. The smallest absolute Gasteiger partial charge is 0.302 e. The Kier molecular flexibility index (Phi) is 6.74. The molecule has 3 fully saturated rings. The van der Waals surface area contributed by atoms with Crippen LogP contribution in [0.3, 0.4) is 0 Å². The average molecular weight is 469 g/mol. The molecule has 0 N–H and O–H groups in total. The molecule has 8 atom stereocenters. The summed E-state index contributed by atoms with van der Waals surface area (Å²) in [5.74, 6) is 2.79. The molecule has 192 valence electrons. The maximum atomic E-state index is 11.8. The monoisotopic (exact) mass is 468 g/mol. The molecule has 0 amide bonds. The highest BCUT2D eigenvalue weighted by atomic mass is 16.5. The highest BCUT2D eigenvalue weighted by molar-refractivity contribution is 5.66. The number of fused-ring (bicyclic) bond motifs is 5. The minimum atomic E-state index is -0.120. The van der Waals surface area contributed by atoms with E-state index in [0.29, 0.717) is 28.1 Å². The summed E-state index contributed by atoms with van der Waals surface area (Å²) in [6.45, 7) is 21.2. The topological polar surface area (TPSA) is 26.3 Å². The second kappa shape index (κ2) is 8.81. The van der Waals surface area contributed by atoms with Gasteiger partial charge in [-0.15, -0.1) is 0 Å². The maximum Gasteiger partial charge on any atom is 0.302 e. The van der Waals surface area contributed by atoms with Crippen LogP contribution < -0.4 is 0 Å². The number of ether oxygens (including phenoxy) is 1. The molecule has 0 aromatic rings. The first kappa shape index (κ1) is 26.0. The number of esters is 1.